The van der Waals surface area contributed by atoms with Crippen LogP contribution in [0.4, 0.5) is 0 Å². The van der Waals surface area contributed by atoms with E-state index in [1.807, 2.05) is 13.8 Å². The summed E-state index contributed by atoms with van der Waals surface area (Å²) in [5.74, 6) is -1.16. The van der Waals surface area contributed by atoms with Crippen molar-refractivity contribution in [2.24, 2.45) is 11.8 Å². The highest BCUT2D eigenvalue weighted by Gasteiger charge is 2.46. The number of hydrogen-bond acceptors (Lipinski definition) is 3. The quantitative estimate of drug-likeness (QED) is 0.322. The van der Waals surface area contributed by atoms with Crippen LogP contribution in [0.5, 0.6) is 0 Å². The molecule has 0 spiro atoms. The molecule has 70 valence electrons. The normalized spacial score (nSPS) is 33.4. The van der Waals surface area contributed by atoms with Crippen molar-refractivity contribution in [1.29, 1.82) is 0 Å². The van der Waals surface area contributed by atoms with Gasteiger partial charge in [0.2, 0.25) is 0 Å². The molecule has 0 bridgehead atoms. The van der Waals surface area contributed by atoms with Crippen molar-refractivity contribution in [3.63, 3.8) is 0 Å². The molecule has 0 radical (unpaired) electrons. The fourth-order valence-corrected chi connectivity index (χ4v) is 2.14. The smallest absolute Gasteiger partial charge is 0.321 e. The summed E-state index contributed by atoms with van der Waals surface area (Å²) >= 11 is 0. The summed E-state index contributed by atoms with van der Waals surface area (Å²) in [5.41, 5.74) is 2.26. The molecule has 1 saturated heterocycles. The van der Waals surface area contributed by atoms with Gasteiger partial charge >= 0.3 is 11.9 Å². The van der Waals surface area contributed by atoms with Gasteiger partial charge < -0.3 is 4.74 Å². The van der Waals surface area contributed by atoms with E-state index in [1.54, 1.807) is 0 Å². The van der Waals surface area contributed by atoms with Crippen molar-refractivity contribution in [2.45, 2.75) is 26.7 Å². The molecular formula is C10H12O3. The van der Waals surface area contributed by atoms with Gasteiger partial charge in [-0.1, -0.05) is 11.1 Å². The van der Waals surface area contributed by atoms with Crippen LogP contribution in [0.3, 0.4) is 0 Å². The lowest BCUT2D eigenvalue weighted by Crippen LogP contribution is -2.23. The minimum atomic E-state index is -0.355. The monoisotopic (exact) mass is 180 g/mol. The van der Waals surface area contributed by atoms with Crippen molar-refractivity contribution >= 4 is 11.9 Å². The molecule has 2 aliphatic rings. The summed E-state index contributed by atoms with van der Waals surface area (Å²) in [6.07, 6.45) is 1.67. The summed E-state index contributed by atoms with van der Waals surface area (Å²) in [6, 6.07) is 0. The first-order valence-electron chi connectivity index (χ1n) is 4.53. The largest absolute Gasteiger partial charge is 0.392 e. The maximum atomic E-state index is 11.3. The molecule has 3 nitrogen and oxygen atoms in total. The summed E-state index contributed by atoms with van der Waals surface area (Å²) in [7, 11) is 0. The molecule has 0 saturated carbocycles. The minimum absolute atomic E-state index is 0.198. The Balaban J connectivity index is 2.40. The van der Waals surface area contributed by atoms with Gasteiger partial charge in [-0.15, -0.1) is 0 Å². The van der Waals surface area contributed by atoms with Gasteiger partial charge in [-0.25, -0.2) is 0 Å². The zero-order valence-corrected chi connectivity index (χ0v) is 7.79. The Bertz CT molecular complexity index is 314. The van der Waals surface area contributed by atoms with Gasteiger partial charge in [0.15, 0.2) is 0 Å². The van der Waals surface area contributed by atoms with Crippen molar-refractivity contribution in [2.75, 3.05) is 0 Å². The highest BCUT2D eigenvalue weighted by molar-refractivity contribution is 5.98. The van der Waals surface area contributed by atoms with E-state index in [0.717, 1.165) is 18.4 Å². The second-order valence-corrected chi connectivity index (χ2v) is 3.83. The van der Waals surface area contributed by atoms with Gasteiger partial charge in [-0.05, 0) is 26.7 Å². The Labute approximate surface area is 76.8 Å². The molecule has 0 aromatic carbocycles. The van der Waals surface area contributed by atoms with E-state index >= 15 is 0 Å². The standard InChI is InChI=1S/C10H12O3/c1-5-3-4-7-8(6(5)2)10(12)13-9(7)11/h7-8H,3-4H2,1-2H3/t7-,8+/m1/s1. The third kappa shape index (κ3) is 1.10. The fraction of sp³-hybridized carbons (Fsp3) is 0.600. The van der Waals surface area contributed by atoms with Gasteiger partial charge in [0, 0.05) is 0 Å². The fourth-order valence-electron chi connectivity index (χ4n) is 2.14. The number of ether oxygens (including phenoxy) is 1. The number of esters is 2. The van der Waals surface area contributed by atoms with Crippen molar-refractivity contribution < 1.29 is 14.3 Å². The molecule has 2 rings (SSSR count). The Morgan fingerprint density at radius 1 is 1.23 bits per heavy atom. The Kier molecular flexibility index (Phi) is 1.75. The number of cyclic esters (lactones) is 2. The van der Waals surface area contributed by atoms with E-state index in [0.29, 0.717) is 0 Å². The van der Waals surface area contributed by atoms with Crippen LogP contribution < -0.4 is 0 Å². The zero-order chi connectivity index (χ0) is 9.59. The third-order valence-electron chi connectivity index (χ3n) is 3.13. The average Bonchev–Trinajstić information content (AvgIpc) is 2.35. The predicted molar refractivity (Wildman–Crippen MR) is 45.7 cm³/mol. The van der Waals surface area contributed by atoms with Crippen LogP contribution in [0.2, 0.25) is 0 Å². The van der Waals surface area contributed by atoms with Crippen molar-refractivity contribution in [1.82, 2.24) is 0 Å². The van der Waals surface area contributed by atoms with Gasteiger partial charge in [0.05, 0.1) is 11.8 Å². The van der Waals surface area contributed by atoms with Gasteiger partial charge in [0.25, 0.3) is 0 Å². The lowest BCUT2D eigenvalue weighted by molar-refractivity contribution is -0.153. The minimum Gasteiger partial charge on any atom is -0.392 e. The molecule has 0 aromatic rings. The van der Waals surface area contributed by atoms with Gasteiger partial charge in [-0.2, -0.15) is 0 Å². The molecule has 1 aliphatic heterocycles. The number of carbonyl (C=O) groups is 2. The van der Waals surface area contributed by atoms with E-state index in [1.165, 1.54) is 5.57 Å². The zero-order valence-electron chi connectivity index (χ0n) is 7.79. The van der Waals surface area contributed by atoms with Crippen LogP contribution in [0.1, 0.15) is 26.7 Å². The second kappa shape index (κ2) is 2.69. The van der Waals surface area contributed by atoms with E-state index < -0.39 is 0 Å². The maximum Gasteiger partial charge on any atom is 0.321 e. The molecule has 0 aromatic heterocycles. The van der Waals surface area contributed by atoms with Crippen LogP contribution >= 0.6 is 0 Å². The average molecular weight is 180 g/mol. The number of carbonyl (C=O) groups excluding carboxylic acids is 2. The lowest BCUT2D eigenvalue weighted by atomic mass is 9.77. The first-order chi connectivity index (χ1) is 6.11. The number of hydrogen-bond donors (Lipinski definition) is 0. The summed E-state index contributed by atoms with van der Waals surface area (Å²) < 4.78 is 4.61. The van der Waals surface area contributed by atoms with Crippen LogP contribution in [0.15, 0.2) is 11.1 Å². The topological polar surface area (TPSA) is 43.4 Å². The van der Waals surface area contributed by atoms with E-state index in [4.69, 9.17) is 0 Å². The third-order valence-corrected chi connectivity index (χ3v) is 3.13. The molecule has 13 heavy (non-hydrogen) atoms. The van der Waals surface area contributed by atoms with Crippen LogP contribution in [0.25, 0.3) is 0 Å². The number of rotatable bonds is 0. The van der Waals surface area contributed by atoms with Crippen LogP contribution in [-0.4, -0.2) is 11.9 Å². The summed E-state index contributed by atoms with van der Waals surface area (Å²) in [5, 5.41) is 0. The molecule has 1 aliphatic carbocycles. The molecule has 0 N–H and O–H groups in total. The van der Waals surface area contributed by atoms with Gasteiger partial charge in [-0.3, -0.25) is 9.59 Å². The summed E-state index contributed by atoms with van der Waals surface area (Å²) in [4.78, 5) is 22.5. The Morgan fingerprint density at radius 3 is 2.62 bits per heavy atom. The van der Waals surface area contributed by atoms with E-state index in [-0.39, 0.29) is 23.8 Å². The highest BCUT2D eigenvalue weighted by atomic mass is 16.6. The SMILES string of the molecule is CC1=C(C)[C@@H]2C(=O)OC(=O)[C@@H]2CC1. The predicted octanol–water partition coefficient (Wildman–Crippen LogP) is 1.43. The molecule has 1 fully saturated rings. The van der Waals surface area contributed by atoms with E-state index in [9.17, 15) is 9.59 Å². The molecule has 1 heterocycles. The number of fused-ring (bicyclic) bond motifs is 1. The van der Waals surface area contributed by atoms with Crippen LogP contribution in [0, 0.1) is 11.8 Å². The Morgan fingerprint density at radius 2 is 1.92 bits per heavy atom. The molecule has 0 amide bonds. The summed E-state index contributed by atoms with van der Waals surface area (Å²) in [6.45, 7) is 3.94. The first kappa shape index (κ1) is 8.48. The molecule has 2 atom stereocenters. The van der Waals surface area contributed by atoms with Crippen molar-refractivity contribution in [3.8, 4) is 0 Å². The molecule has 0 unspecified atom stereocenters. The lowest BCUT2D eigenvalue weighted by Gasteiger charge is -2.22. The van der Waals surface area contributed by atoms with E-state index in [2.05, 4.69) is 4.74 Å². The van der Waals surface area contributed by atoms with Crippen LogP contribution in [-0.2, 0) is 14.3 Å². The Hall–Kier alpha value is -1.12. The first-order valence-corrected chi connectivity index (χ1v) is 4.53. The van der Waals surface area contributed by atoms with Crippen molar-refractivity contribution in [3.05, 3.63) is 11.1 Å². The second-order valence-electron chi connectivity index (χ2n) is 3.83. The molecular weight excluding hydrogens is 168 g/mol. The number of allylic oxidation sites excluding steroid dienone is 1. The highest BCUT2D eigenvalue weighted by Crippen LogP contribution is 2.39. The maximum absolute atomic E-state index is 11.3. The molecule has 3 heteroatoms. The van der Waals surface area contributed by atoms with Gasteiger partial charge in [0.1, 0.15) is 0 Å².